The molecule has 7 heteroatoms. The molecule has 110 valence electrons. The highest BCUT2D eigenvalue weighted by Gasteiger charge is 2.22. The average molecular weight is 330 g/mol. The van der Waals surface area contributed by atoms with Crippen molar-refractivity contribution in [1.29, 1.82) is 0 Å². The van der Waals surface area contributed by atoms with Gasteiger partial charge < -0.3 is 4.90 Å². The van der Waals surface area contributed by atoms with Crippen LogP contribution in [0.15, 0.2) is 53.9 Å². The summed E-state index contributed by atoms with van der Waals surface area (Å²) >= 11 is 7.64. The summed E-state index contributed by atoms with van der Waals surface area (Å²) in [6.45, 7) is 0.720. The van der Waals surface area contributed by atoms with Gasteiger partial charge in [0, 0.05) is 28.7 Å². The van der Waals surface area contributed by atoms with Crippen LogP contribution in [0.3, 0.4) is 0 Å². The zero-order valence-corrected chi connectivity index (χ0v) is 13.1. The minimum absolute atomic E-state index is 0.718. The molecule has 0 radical (unpaired) electrons. The van der Waals surface area contributed by atoms with E-state index >= 15 is 0 Å². The van der Waals surface area contributed by atoms with Gasteiger partial charge in [-0.2, -0.15) is 0 Å². The summed E-state index contributed by atoms with van der Waals surface area (Å²) in [4.78, 5) is 6.34. The molecule has 0 saturated heterocycles. The molecule has 5 nitrogen and oxygen atoms in total. The highest BCUT2D eigenvalue weighted by molar-refractivity contribution is 7.99. The van der Waals surface area contributed by atoms with Crippen LogP contribution < -0.4 is 4.90 Å². The van der Waals surface area contributed by atoms with E-state index in [4.69, 9.17) is 11.6 Å². The summed E-state index contributed by atoms with van der Waals surface area (Å²) in [5, 5.41) is 10.3. The van der Waals surface area contributed by atoms with Crippen LogP contribution in [-0.2, 0) is 6.67 Å². The van der Waals surface area contributed by atoms with Crippen molar-refractivity contribution in [2.45, 2.75) is 11.8 Å². The SMILES string of the molecule is Clc1ccc(-c2nnc3n2CN(c2ccncc2)CS3)cc1. The van der Waals surface area contributed by atoms with Crippen molar-refractivity contribution in [3.05, 3.63) is 53.8 Å². The zero-order valence-electron chi connectivity index (χ0n) is 11.6. The standard InChI is InChI=1S/C15H12ClN5S/c16-12-3-1-11(2-4-12)14-18-19-15-21(14)9-20(10-22-15)13-5-7-17-8-6-13/h1-8H,9-10H2. The van der Waals surface area contributed by atoms with Gasteiger partial charge in [-0.25, -0.2) is 0 Å². The van der Waals surface area contributed by atoms with Crippen LogP contribution in [0.5, 0.6) is 0 Å². The van der Waals surface area contributed by atoms with Crippen molar-refractivity contribution in [1.82, 2.24) is 19.7 Å². The number of benzene rings is 1. The van der Waals surface area contributed by atoms with Gasteiger partial charge in [0.1, 0.15) is 0 Å². The third-order valence-electron chi connectivity index (χ3n) is 3.51. The van der Waals surface area contributed by atoms with Crippen molar-refractivity contribution in [2.24, 2.45) is 0 Å². The largest absolute Gasteiger partial charge is 0.343 e. The van der Waals surface area contributed by atoms with E-state index in [1.54, 1.807) is 11.8 Å². The fourth-order valence-electron chi connectivity index (χ4n) is 2.39. The van der Waals surface area contributed by atoms with Crippen molar-refractivity contribution in [3.8, 4) is 11.4 Å². The lowest BCUT2D eigenvalue weighted by Crippen LogP contribution is -2.30. The van der Waals surface area contributed by atoms with Crippen LogP contribution in [-0.4, -0.2) is 25.6 Å². The van der Waals surface area contributed by atoms with Crippen LogP contribution in [0.25, 0.3) is 11.4 Å². The van der Waals surface area contributed by atoms with E-state index in [9.17, 15) is 0 Å². The number of anilines is 1. The predicted octanol–water partition coefficient (Wildman–Crippen LogP) is 3.52. The van der Waals surface area contributed by atoms with E-state index in [-0.39, 0.29) is 0 Å². The quantitative estimate of drug-likeness (QED) is 0.720. The number of nitrogens with zero attached hydrogens (tertiary/aromatic N) is 5. The Hall–Kier alpha value is -2.05. The lowest BCUT2D eigenvalue weighted by Gasteiger charge is -2.29. The molecule has 2 aromatic heterocycles. The molecule has 3 heterocycles. The summed E-state index contributed by atoms with van der Waals surface area (Å²) in [5.41, 5.74) is 2.16. The third-order valence-corrected chi connectivity index (χ3v) is 4.76. The first-order valence-corrected chi connectivity index (χ1v) is 8.14. The Labute approximate surface area is 137 Å². The summed E-state index contributed by atoms with van der Waals surface area (Å²) in [7, 11) is 0. The molecular formula is C15H12ClN5S. The molecule has 1 aliphatic rings. The first-order chi connectivity index (χ1) is 10.8. The minimum Gasteiger partial charge on any atom is -0.343 e. The van der Waals surface area contributed by atoms with Crippen LogP contribution in [0.4, 0.5) is 5.69 Å². The van der Waals surface area contributed by atoms with Crippen LogP contribution in [0.2, 0.25) is 5.02 Å². The summed E-state index contributed by atoms with van der Waals surface area (Å²) in [5.74, 6) is 1.71. The molecule has 0 bridgehead atoms. The second-order valence-corrected chi connectivity index (χ2v) is 6.25. The summed E-state index contributed by atoms with van der Waals surface area (Å²) in [6, 6.07) is 11.7. The van der Waals surface area contributed by atoms with Gasteiger partial charge in [-0.1, -0.05) is 23.4 Å². The van der Waals surface area contributed by atoms with Gasteiger partial charge in [0.2, 0.25) is 0 Å². The molecule has 0 saturated carbocycles. The molecule has 4 rings (SSSR count). The van der Waals surface area contributed by atoms with E-state index < -0.39 is 0 Å². The van der Waals surface area contributed by atoms with Gasteiger partial charge in [0.05, 0.1) is 12.5 Å². The molecule has 0 aliphatic carbocycles. The molecule has 0 fully saturated rings. The number of aromatic nitrogens is 4. The van der Waals surface area contributed by atoms with Gasteiger partial charge in [-0.3, -0.25) is 9.55 Å². The number of fused-ring (bicyclic) bond motifs is 1. The number of hydrogen-bond donors (Lipinski definition) is 0. The number of rotatable bonds is 2. The Morgan fingerprint density at radius 1 is 1.00 bits per heavy atom. The Balaban J connectivity index is 1.69. The van der Waals surface area contributed by atoms with E-state index in [2.05, 4.69) is 24.6 Å². The second-order valence-electron chi connectivity index (χ2n) is 4.90. The molecule has 0 N–H and O–H groups in total. The first kappa shape index (κ1) is 13.6. The first-order valence-electron chi connectivity index (χ1n) is 6.78. The van der Waals surface area contributed by atoms with Crippen molar-refractivity contribution in [2.75, 3.05) is 10.8 Å². The number of hydrogen-bond acceptors (Lipinski definition) is 5. The van der Waals surface area contributed by atoms with Crippen molar-refractivity contribution < 1.29 is 0 Å². The lowest BCUT2D eigenvalue weighted by atomic mass is 10.2. The molecular weight excluding hydrogens is 318 g/mol. The highest BCUT2D eigenvalue weighted by atomic mass is 35.5. The van der Waals surface area contributed by atoms with E-state index in [0.29, 0.717) is 0 Å². The molecule has 0 unspecified atom stereocenters. The maximum atomic E-state index is 5.96. The maximum Gasteiger partial charge on any atom is 0.194 e. The van der Waals surface area contributed by atoms with E-state index in [0.717, 1.165) is 39.8 Å². The number of pyridine rings is 1. The zero-order chi connectivity index (χ0) is 14.9. The smallest absolute Gasteiger partial charge is 0.194 e. The van der Waals surface area contributed by atoms with Crippen molar-refractivity contribution >= 4 is 29.1 Å². The predicted molar refractivity (Wildman–Crippen MR) is 87.9 cm³/mol. The molecule has 1 aromatic carbocycles. The van der Waals surface area contributed by atoms with Gasteiger partial charge in [0.25, 0.3) is 0 Å². The molecule has 0 amide bonds. The fraction of sp³-hybridized carbons (Fsp3) is 0.133. The monoisotopic (exact) mass is 329 g/mol. The Morgan fingerprint density at radius 2 is 1.77 bits per heavy atom. The summed E-state index contributed by atoms with van der Waals surface area (Å²) in [6.07, 6.45) is 3.61. The molecule has 3 aromatic rings. The normalized spacial score (nSPS) is 14.0. The number of halogens is 1. The van der Waals surface area contributed by atoms with Gasteiger partial charge in [-0.05, 0) is 36.4 Å². The van der Waals surface area contributed by atoms with Gasteiger partial charge in [0.15, 0.2) is 11.0 Å². The Kier molecular flexibility index (Phi) is 3.48. The van der Waals surface area contributed by atoms with Crippen LogP contribution in [0, 0.1) is 0 Å². The average Bonchev–Trinajstić information content (AvgIpc) is 2.99. The fourth-order valence-corrected chi connectivity index (χ4v) is 3.42. The third kappa shape index (κ3) is 2.44. The molecule has 1 aliphatic heterocycles. The molecule has 0 atom stereocenters. The molecule has 0 spiro atoms. The Morgan fingerprint density at radius 3 is 2.55 bits per heavy atom. The van der Waals surface area contributed by atoms with E-state index in [1.807, 2.05) is 48.8 Å². The van der Waals surface area contributed by atoms with Gasteiger partial charge >= 0.3 is 0 Å². The van der Waals surface area contributed by atoms with Gasteiger partial charge in [-0.15, -0.1) is 10.2 Å². The van der Waals surface area contributed by atoms with Crippen LogP contribution in [0.1, 0.15) is 0 Å². The second kappa shape index (κ2) is 5.62. The Bertz CT molecular complexity index is 787. The minimum atomic E-state index is 0.718. The molecule has 22 heavy (non-hydrogen) atoms. The lowest BCUT2D eigenvalue weighted by molar-refractivity contribution is 0.608. The van der Waals surface area contributed by atoms with Crippen LogP contribution >= 0.6 is 23.4 Å². The maximum absolute atomic E-state index is 5.96. The topological polar surface area (TPSA) is 46.8 Å². The van der Waals surface area contributed by atoms with E-state index in [1.165, 1.54) is 0 Å². The van der Waals surface area contributed by atoms with Crippen molar-refractivity contribution in [3.63, 3.8) is 0 Å². The summed E-state index contributed by atoms with van der Waals surface area (Å²) < 4.78 is 2.12. The number of thioether (sulfide) groups is 1. The highest BCUT2D eigenvalue weighted by Crippen LogP contribution is 2.31.